The van der Waals surface area contributed by atoms with Crippen LogP contribution in [-0.4, -0.2) is 18.2 Å². The Hall–Kier alpha value is -2.03. The van der Waals surface area contributed by atoms with Gasteiger partial charge in [0.05, 0.1) is 17.5 Å². The van der Waals surface area contributed by atoms with Crippen LogP contribution in [0.4, 0.5) is 18.9 Å². The minimum atomic E-state index is -4.54. The highest BCUT2D eigenvalue weighted by molar-refractivity contribution is 7.92. The molecule has 0 saturated heterocycles. The lowest BCUT2D eigenvalue weighted by Gasteiger charge is -2.11. The Kier molecular flexibility index (Phi) is 4.19. The molecule has 0 aliphatic rings. The second-order valence-corrected chi connectivity index (χ2v) is 6.24. The molecular weight excluding hydrogens is 319 g/mol. The molecule has 1 heterocycles. The van der Waals surface area contributed by atoms with Crippen LogP contribution < -0.4 is 4.72 Å². The van der Waals surface area contributed by atoms with Crippen LogP contribution >= 0.6 is 0 Å². The van der Waals surface area contributed by atoms with Crippen molar-refractivity contribution >= 4 is 15.7 Å². The number of hydrogen-bond donors (Lipinski definition) is 1. The summed E-state index contributed by atoms with van der Waals surface area (Å²) in [4.78, 5) is -0.0632. The number of nitrogens with zero attached hydrogens (tertiary/aromatic N) is 2. The van der Waals surface area contributed by atoms with Gasteiger partial charge in [-0.15, -0.1) is 0 Å². The molecule has 0 aliphatic carbocycles. The Balaban J connectivity index is 2.35. The summed E-state index contributed by atoms with van der Waals surface area (Å²) in [5.41, 5.74) is -0.658. The third kappa shape index (κ3) is 3.24. The zero-order valence-electron chi connectivity index (χ0n) is 11.8. The summed E-state index contributed by atoms with van der Waals surface area (Å²) < 4.78 is 66.1. The van der Waals surface area contributed by atoms with Crippen molar-refractivity contribution < 1.29 is 21.6 Å². The molecule has 0 atom stereocenters. The van der Waals surface area contributed by atoms with Crippen LogP contribution in [0.3, 0.4) is 0 Å². The molecule has 0 aliphatic heterocycles. The Bertz CT molecular complexity index is 782. The smallest absolute Gasteiger partial charge is 0.280 e. The van der Waals surface area contributed by atoms with Crippen molar-refractivity contribution in [3.8, 4) is 0 Å². The minimum Gasteiger partial charge on any atom is -0.280 e. The normalized spacial score (nSPS) is 12.4. The van der Waals surface area contributed by atoms with Gasteiger partial charge in [0.1, 0.15) is 4.90 Å². The van der Waals surface area contributed by atoms with E-state index in [1.807, 2.05) is 0 Å². The van der Waals surface area contributed by atoms with Gasteiger partial charge in [0.2, 0.25) is 0 Å². The standard InChI is InChI=1S/C13H14F3N3O2S/c1-3-19-9(2)12(8-17-19)22(20,21)18-11-6-4-5-10(7-11)13(14,15)16/h4-8,18H,3H2,1-2H3. The second kappa shape index (κ2) is 5.64. The molecule has 0 amide bonds. The van der Waals surface area contributed by atoms with E-state index >= 15 is 0 Å². The lowest BCUT2D eigenvalue weighted by atomic mass is 10.2. The van der Waals surface area contributed by atoms with Gasteiger partial charge in [0, 0.05) is 12.2 Å². The molecule has 0 unspecified atom stereocenters. The number of halogens is 3. The summed E-state index contributed by atoms with van der Waals surface area (Å²) in [7, 11) is -4.00. The number of aryl methyl sites for hydroxylation is 1. The molecule has 0 radical (unpaired) electrons. The second-order valence-electron chi connectivity index (χ2n) is 4.59. The molecule has 1 N–H and O–H groups in total. The third-order valence-corrected chi connectivity index (χ3v) is 4.57. The Morgan fingerprint density at radius 3 is 2.55 bits per heavy atom. The molecule has 0 saturated carbocycles. The van der Waals surface area contributed by atoms with Crippen molar-refractivity contribution in [1.29, 1.82) is 0 Å². The van der Waals surface area contributed by atoms with E-state index in [1.165, 1.54) is 16.9 Å². The van der Waals surface area contributed by atoms with Crippen LogP contribution in [0.5, 0.6) is 0 Å². The number of nitrogens with one attached hydrogen (secondary N) is 1. The molecule has 5 nitrogen and oxygen atoms in total. The molecule has 9 heteroatoms. The van der Waals surface area contributed by atoms with Crippen molar-refractivity contribution in [3.05, 3.63) is 41.7 Å². The average molecular weight is 333 g/mol. The van der Waals surface area contributed by atoms with E-state index in [1.54, 1.807) is 13.8 Å². The van der Waals surface area contributed by atoms with Crippen molar-refractivity contribution in [2.24, 2.45) is 0 Å². The molecule has 2 rings (SSSR count). The molecular formula is C13H14F3N3O2S. The summed E-state index contributed by atoms with van der Waals surface area (Å²) in [6, 6.07) is 4.02. The van der Waals surface area contributed by atoms with Crippen LogP contribution in [0, 0.1) is 6.92 Å². The van der Waals surface area contributed by atoms with Crippen molar-refractivity contribution in [2.75, 3.05) is 4.72 Å². The number of rotatable bonds is 4. The Morgan fingerprint density at radius 2 is 2.00 bits per heavy atom. The maximum Gasteiger partial charge on any atom is 0.416 e. The molecule has 1 aromatic heterocycles. The van der Waals surface area contributed by atoms with Gasteiger partial charge >= 0.3 is 6.18 Å². The van der Waals surface area contributed by atoms with Crippen molar-refractivity contribution in [3.63, 3.8) is 0 Å². The topological polar surface area (TPSA) is 64.0 Å². The van der Waals surface area contributed by atoms with Crippen LogP contribution in [0.1, 0.15) is 18.2 Å². The summed E-state index contributed by atoms with van der Waals surface area (Å²) in [6.45, 7) is 3.87. The predicted octanol–water partition coefficient (Wildman–Crippen LogP) is 3.03. The highest BCUT2D eigenvalue weighted by Crippen LogP contribution is 2.31. The monoisotopic (exact) mass is 333 g/mol. The number of hydrogen-bond acceptors (Lipinski definition) is 3. The number of sulfonamides is 1. The van der Waals surface area contributed by atoms with Gasteiger partial charge in [-0.2, -0.15) is 18.3 Å². The number of anilines is 1. The van der Waals surface area contributed by atoms with Gasteiger partial charge in [-0.05, 0) is 32.0 Å². The van der Waals surface area contributed by atoms with E-state index in [-0.39, 0.29) is 10.6 Å². The first-order valence-corrected chi connectivity index (χ1v) is 7.86. The first-order valence-electron chi connectivity index (χ1n) is 6.37. The fraction of sp³-hybridized carbons (Fsp3) is 0.308. The summed E-state index contributed by atoms with van der Waals surface area (Å²) >= 11 is 0. The molecule has 1 aromatic carbocycles. The van der Waals surface area contributed by atoms with Gasteiger partial charge in [-0.1, -0.05) is 6.07 Å². The van der Waals surface area contributed by atoms with E-state index in [0.29, 0.717) is 12.2 Å². The van der Waals surface area contributed by atoms with E-state index in [9.17, 15) is 21.6 Å². The molecule has 0 fully saturated rings. The zero-order chi connectivity index (χ0) is 16.5. The maximum absolute atomic E-state index is 12.6. The van der Waals surface area contributed by atoms with Crippen molar-refractivity contribution in [2.45, 2.75) is 31.5 Å². The highest BCUT2D eigenvalue weighted by atomic mass is 32.2. The van der Waals surface area contributed by atoms with Crippen LogP contribution in [0.2, 0.25) is 0 Å². The quantitative estimate of drug-likeness (QED) is 0.935. The predicted molar refractivity (Wildman–Crippen MR) is 74.9 cm³/mol. The van der Waals surface area contributed by atoms with E-state index in [4.69, 9.17) is 0 Å². The zero-order valence-corrected chi connectivity index (χ0v) is 12.7. The van der Waals surface area contributed by atoms with Crippen LogP contribution in [0.15, 0.2) is 35.4 Å². The number of alkyl halides is 3. The SMILES string of the molecule is CCn1ncc(S(=O)(=O)Nc2cccc(C(F)(F)F)c2)c1C. The van der Waals surface area contributed by atoms with Gasteiger partial charge in [-0.3, -0.25) is 9.40 Å². The Morgan fingerprint density at radius 1 is 1.32 bits per heavy atom. The largest absolute Gasteiger partial charge is 0.416 e. The molecule has 22 heavy (non-hydrogen) atoms. The highest BCUT2D eigenvalue weighted by Gasteiger charge is 2.31. The molecule has 2 aromatic rings. The molecule has 0 spiro atoms. The minimum absolute atomic E-state index is 0.0632. The summed E-state index contributed by atoms with van der Waals surface area (Å²) in [5.74, 6) is 0. The maximum atomic E-state index is 12.6. The van der Waals surface area contributed by atoms with Crippen LogP contribution in [-0.2, 0) is 22.7 Å². The van der Waals surface area contributed by atoms with Gasteiger partial charge in [0.15, 0.2) is 0 Å². The first-order chi connectivity index (χ1) is 10.1. The lowest BCUT2D eigenvalue weighted by molar-refractivity contribution is -0.137. The molecule has 0 bridgehead atoms. The first kappa shape index (κ1) is 16.3. The van der Waals surface area contributed by atoms with Gasteiger partial charge in [-0.25, -0.2) is 8.42 Å². The number of aromatic nitrogens is 2. The molecule has 120 valence electrons. The van der Waals surface area contributed by atoms with Gasteiger partial charge < -0.3 is 0 Å². The fourth-order valence-corrected chi connectivity index (χ4v) is 3.21. The van der Waals surface area contributed by atoms with Gasteiger partial charge in [0.25, 0.3) is 10.0 Å². The Labute approximate surface area is 125 Å². The summed E-state index contributed by atoms with van der Waals surface area (Å²) in [5, 5.41) is 3.92. The van der Waals surface area contributed by atoms with E-state index < -0.39 is 21.8 Å². The average Bonchev–Trinajstić information content (AvgIpc) is 2.79. The fourth-order valence-electron chi connectivity index (χ4n) is 1.98. The lowest BCUT2D eigenvalue weighted by Crippen LogP contribution is -2.15. The third-order valence-electron chi connectivity index (χ3n) is 3.09. The number of benzene rings is 1. The van der Waals surface area contributed by atoms with E-state index in [0.717, 1.165) is 18.2 Å². The summed E-state index contributed by atoms with van der Waals surface area (Å²) in [6.07, 6.45) is -3.36. The van der Waals surface area contributed by atoms with Crippen molar-refractivity contribution in [1.82, 2.24) is 9.78 Å². The van der Waals surface area contributed by atoms with E-state index in [2.05, 4.69) is 9.82 Å². The van der Waals surface area contributed by atoms with Crippen LogP contribution in [0.25, 0.3) is 0 Å².